The maximum absolute atomic E-state index is 12.5. The molecular weight excluding hydrogens is 391 g/mol. The lowest BCUT2D eigenvalue weighted by Gasteiger charge is -2.10. The zero-order chi connectivity index (χ0) is 15.7. The highest BCUT2D eigenvalue weighted by atomic mass is 127. The molecule has 0 radical (unpaired) electrons. The van der Waals surface area contributed by atoms with Crippen molar-refractivity contribution < 1.29 is 4.79 Å². The van der Waals surface area contributed by atoms with Crippen LogP contribution in [0.5, 0.6) is 0 Å². The van der Waals surface area contributed by atoms with Crippen LogP contribution in [0, 0.1) is 3.57 Å². The molecule has 1 heterocycles. The molecule has 1 amide bonds. The van der Waals surface area contributed by atoms with Gasteiger partial charge in [0.15, 0.2) is 0 Å². The number of fused-ring (bicyclic) bond motifs is 1. The van der Waals surface area contributed by atoms with Gasteiger partial charge in [0.1, 0.15) is 0 Å². The molecule has 22 heavy (non-hydrogen) atoms. The van der Waals surface area contributed by atoms with Crippen molar-refractivity contribution in [3.8, 4) is 0 Å². The summed E-state index contributed by atoms with van der Waals surface area (Å²) >= 11 is 2.20. The van der Waals surface area contributed by atoms with Gasteiger partial charge in [-0.05, 0) is 52.9 Å². The molecular formula is C17H13IN2O2. The molecule has 0 aliphatic heterocycles. The van der Waals surface area contributed by atoms with Crippen molar-refractivity contribution in [1.82, 2.24) is 4.57 Å². The lowest BCUT2D eigenvalue weighted by atomic mass is 10.1. The van der Waals surface area contributed by atoms with E-state index in [-0.39, 0.29) is 11.5 Å². The molecule has 1 aromatic heterocycles. The van der Waals surface area contributed by atoms with Crippen LogP contribution in [0.4, 0.5) is 5.69 Å². The highest BCUT2D eigenvalue weighted by molar-refractivity contribution is 14.1. The van der Waals surface area contributed by atoms with Crippen molar-refractivity contribution in [2.24, 2.45) is 7.05 Å². The van der Waals surface area contributed by atoms with Gasteiger partial charge in [0.2, 0.25) is 0 Å². The summed E-state index contributed by atoms with van der Waals surface area (Å²) in [5, 5.41) is 3.59. The molecule has 3 aromatic rings. The van der Waals surface area contributed by atoms with Gasteiger partial charge in [0.25, 0.3) is 11.5 Å². The summed E-state index contributed by atoms with van der Waals surface area (Å²) in [4.78, 5) is 24.6. The van der Waals surface area contributed by atoms with E-state index in [1.165, 1.54) is 10.6 Å². The number of halogens is 1. The van der Waals surface area contributed by atoms with E-state index in [9.17, 15) is 9.59 Å². The van der Waals surface area contributed by atoms with Crippen molar-refractivity contribution in [1.29, 1.82) is 0 Å². The molecule has 0 atom stereocenters. The predicted octanol–water partition coefficient (Wildman–Crippen LogP) is 3.40. The van der Waals surface area contributed by atoms with E-state index < -0.39 is 0 Å². The Morgan fingerprint density at radius 3 is 2.50 bits per heavy atom. The Bertz CT molecular complexity index is 914. The van der Waals surface area contributed by atoms with Gasteiger partial charge in [0.05, 0.1) is 11.1 Å². The molecule has 1 N–H and O–H groups in total. The number of pyridine rings is 1. The van der Waals surface area contributed by atoms with Gasteiger partial charge >= 0.3 is 0 Å². The summed E-state index contributed by atoms with van der Waals surface area (Å²) in [6.07, 6.45) is 0. The lowest BCUT2D eigenvalue weighted by molar-refractivity contribution is 0.102. The molecule has 0 saturated heterocycles. The Hall–Kier alpha value is -2.15. The largest absolute Gasteiger partial charge is 0.322 e. The number of hydrogen-bond acceptors (Lipinski definition) is 2. The van der Waals surface area contributed by atoms with Crippen molar-refractivity contribution in [3.63, 3.8) is 0 Å². The van der Waals surface area contributed by atoms with E-state index in [0.717, 1.165) is 14.5 Å². The molecule has 0 unspecified atom stereocenters. The molecule has 110 valence electrons. The molecule has 4 nitrogen and oxygen atoms in total. The number of para-hydroxylation sites is 1. The average Bonchev–Trinajstić information content (AvgIpc) is 2.53. The van der Waals surface area contributed by atoms with E-state index >= 15 is 0 Å². The summed E-state index contributed by atoms with van der Waals surface area (Å²) in [5.74, 6) is -0.282. The summed E-state index contributed by atoms with van der Waals surface area (Å²) in [6.45, 7) is 0. The number of amides is 1. The molecule has 5 heteroatoms. The Labute approximate surface area is 140 Å². The zero-order valence-electron chi connectivity index (χ0n) is 11.8. The van der Waals surface area contributed by atoms with Crippen LogP contribution < -0.4 is 10.9 Å². The highest BCUT2D eigenvalue weighted by Gasteiger charge is 2.13. The molecule has 0 fully saturated rings. The third-order valence-corrected chi connectivity index (χ3v) is 4.22. The van der Waals surface area contributed by atoms with Crippen LogP contribution in [0.2, 0.25) is 0 Å². The van der Waals surface area contributed by atoms with Gasteiger partial charge in [-0.2, -0.15) is 0 Å². The van der Waals surface area contributed by atoms with E-state index in [2.05, 4.69) is 27.9 Å². The second-order valence-electron chi connectivity index (χ2n) is 4.93. The number of nitrogens with one attached hydrogen (secondary N) is 1. The fourth-order valence-corrected chi connectivity index (χ4v) is 2.69. The number of benzene rings is 2. The third-order valence-electron chi connectivity index (χ3n) is 3.50. The smallest absolute Gasteiger partial charge is 0.256 e. The fourth-order valence-electron chi connectivity index (χ4n) is 2.33. The Morgan fingerprint density at radius 2 is 1.77 bits per heavy atom. The highest BCUT2D eigenvalue weighted by Crippen LogP contribution is 2.18. The van der Waals surface area contributed by atoms with E-state index in [1.54, 1.807) is 7.05 Å². The van der Waals surface area contributed by atoms with Crippen molar-refractivity contribution in [2.75, 3.05) is 5.32 Å². The summed E-state index contributed by atoms with van der Waals surface area (Å²) < 4.78 is 2.63. The fraction of sp³-hybridized carbons (Fsp3) is 0.0588. The first-order chi connectivity index (χ1) is 10.6. The quantitative estimate of drug-likeness (QED) is 0.666. The summed E-state index contributed by atoms with van der Waals surface area (Å²) in [6, 6.07) is 16.3. The lowest BCUT2D eigenvalue weighted by Crippen LogP contribution is -2.21. The van der Waals surface area contributed by atoms with Gasteiger partial charge in [0, 0.05) is 27.8 Å². The SMILES string of the molecule is Cn1c(=O)cc(C(=O)Nc2ccc(I)cc2)c2ccccc21. The average molecular weight is 404 g/mol. The molecule has 0 aliphatic rings. The number of nitrogens with zero attached hydrogens (tertiary/aromatic N) is 1. The molecule has 0 spiro atoms. The van der Waals surface area contributed by atoms with Crippen LogP contribution in [0.15, 0.2) is 59.4 Å². The second-order valence-corrected chi connectivity index (χ2v) is 6.18. The second kappa shape index (κ2) is 5.92. The molecule has 2 aromatic carbocycles. The van der Waals surface area contributed by atoms with Gasteiger partial charge < -0.3 is 9.88 Å². The first kappa shape index (κ1) is 14.8. The van der Waals surface area contributed by atoms with Crippen LogP contribution in [-0.4, -0.2) is 10.5 Å². The van der Waals surface area contributed by atoms with Crippen LogP contribution in [0.3, 0.4) is 0 Å². The number of aromatic nitrogens is 1. The van der Waals surface area contributed by atoms with Crippen LogP contribution >= 0.6 is 22.6 Å². The van der Waals surface area contributed by atoms with Crippen LogP contribution in [0.25, 0.3) is 10.9 Å². The Morgan fingerprint density at radius 1 is 1.09 bits per heavy atom. The van der Waals surface area contributed by atoms with Crippen LogP contribution in [-0.2, 0) is 7.05 Å². The monoisotopic (exact) mass is 404 g/mol. The first-order valence-electron chi connectivity index (χ1n) is 6.72. The van der Waals surface area contributed by atoms with E-state index in [1.807, 2.05) is 48.5 Å². The van der Waals surface area contributed by atoms with Crippen molar-refractivity contribution >= 4 is 45.1 Å². The first-order valence-corrected chi connectivity index (χ1v) is 7.80. The van der Waals surface area contributed by atoms with Crippen molar-refractivity contribution in [2.45, 2.75) is 0 Å². The maximum atomic E-state index is 12.5. The normalized spacial score (nSPS) is 10.6. The van der Waals surface area contributed by atoms with Gasteiger partial charge in [-0.1, -0.05) is 18.2 Å². The van der Waals surface area contributed by atoms with E-state index in [0.29, 0.717) is 11.3 Å². The number of rotatable bonds is 2. The summed E-state index contributed by atoms with van der Waals surface area (Å²) in [5.41, 5.74) is 1.63. The minimum atomic E-state index is -0.282. The minimum absolute atomic E-state index is 0.202. The third kappa shape index (κ3) is 2.76. The number of carbonyl (C=O) groups excluding carboxylic acids is 1. The predicted molar refractivity (Wildman–Crippen MR) is 96.3 cm³/mol. The molecule has 0 saturated carbocycles. The molecule has 3 rings (SSSR count). The zero-order valence-corrected chi connectivity index (χ0v) is 14.0. The van der Waals surface area contributed by atoms with E-state index in [4.69, 9.17) is 0 Å². The molecule has 0 bridgehead atoms. The topological polar surface area (TPSA) is 51.1 Å². The molecule has 0 aliphatic carbocycles. The van der Waals surface area contributed by atoms with Gasteiger partial charge in [-0.25, -0.2) is 0 Å². The summed E-state index contributed by atoms with van der Waals surface area (Å²) in [7, 11) is 1.70. The number of hydrogen-bond donors (Lipinski definition) is 1. The Kier molecular flexibility index (Phi) is 3.98. The van der Waals surface area contributed by atoms with Crippen LogP contribution in [0.1, 0.15) is 10.4 Å². The van der Waals surface area contributed by atoms with Gasteiger partial charge in [-0.15, -0.1) is 0 Å². The maximum Gasteiger partial charge on any atom is 0.256 e. The number of carbonyl (C=O) groups is 1. The van der Waals surface area contributed by atoms with Crippen molar-refractivity contribution in [3.05, 3.63) is 74.1 Å². The minimum Gasteiger partial charge on any atom is -0.322 e. The number of aryl methyl sites for hydroxylation is 1. The standard InChI is InChI=1S/C17H13IN2O2/c1-20-15-5-3-2-4-13(15)14(10-16(20)21)17(22)19-12-8-6-11(18)7-9-12/h2-10H,1H3,(H,19,22). The Balaban J connectivity index is 2.06. The van der Waals surface area contributed by atoms with Gasteiger partial charge in [-0.3, -0.25) is 9.59 Å². The number of anilines is 1.